The summed E-state index contributed by atoms with van der Waals surface area (Å²) < 4.78 is 0. The van der Waals surface area contributed by atoms with Crippen LogP contribution in [0.2, 0.25) is 0 Å². The Kier molecular flexibility index (Phi) is 11.8. The van der Waals surface area contributed by atoms with Crippen LogP contribution in [-0.2, 0) is 0 Å². The molecule has 0 atom stereocenters. The molecule has 2 heteroatoms. The van der Waals surface area contributed by atoms with Gasteiger partial charge in [0.2, 0.25) is 0 Å². The molecule has 0 aromatic carbocycles. The van der Waals surface area contributed by atoms with Crippen LogP contribution >= 0.6 is 0 Å². The van der Waals surface area contributed by atoms with E-state index in [2.05, 4.69) is 64.3 Å². The van der Waals surface area contributed by atoms with Crippen LogP contribution in [0.5, 0.6) is 0 Å². The number of rotatable bonds is 11. The molecular formula is C18H36N2. The van der Waals surface area contributed by atoms with Crippen LogP contribution in [0.15, 0.2) is 23.3 Å². The van der Waals surface area contributed by atoms with E-state index in [1.54, 1.807) is 0 Å². The Hall–Kier alpha value is -0.600. The Bertz CT molecular complexity index is 288. The fourth-order valence-corrected chi connectivity index (χ4v) is 2.11. The molecule has 20 heavy (non-hydrogen) atoms. The molecule has 0 aromatic heterocycles. The summed E-state index contributed by atoms with van der Waals surface area (Å²) in [6.45, 7) is 16.6. The maximum absolute atomic E-state index is 3.50. The molecule has 0 radical (unpaired) electrons. The van der Waals surface area contributed by atoms with Gasteiger partial charge in [0, 0.05) is 6.04 Å². The Balaban J connectivity index is 4.13. The maximum Gasteiger partial charge on any atom is 0.00105 e. The first kappa shape index (κ1) is 19.4. The molecule has 0 aliphatic carbocycles. The second-order valence-corrected chi connectivity index (χ2v) is 6.27. The molecule has 0 unspecified atom stereocenters. The van der Waals surface area contributed by atoms with Gasteiger partial charge >= 0.3 is 0 Å². The molecule has 0 saturated carbocycles. The molecule has 118 valence electrons. The summed E-state index contributed by atoms with van der Waals surface area (Å²) in [6, 6.07) is 0.572. The van der Waals surface area contributed by atoms with Crippen molar-refractivity contribution in [1.82, 2.24) is 10.6 Å². The monoisotopic (exact) mass is 280 g/mol. The van der Waals surface area contributed by atoms with E-state index in [9.17, 15) is 0 Å². The van der Waals surface area contributed by atoms with Gasteiger partial charge in [-0.1, -0.05) is 52.3 Å². The molecule has 0 fully saturated rings. The third kappa shape index (κ3) is 11.2. The van der Waals surface area contributed by atoms with E-state index in [1.807, 2.05) is 0 Å². The Morgan fingerprint density at radius 1 is 1.05 bits per heavy atom. The minimum Gasteiger partial charge on any atom is -0.316 e. The van der Waals surface area contributed by atoms with Crippen LogP contribution in [0.1, 0.15) is 60.8 Å². The van der Waals surface area contributed by atoms with Crippen LogP contribution in [-0.4, -0.2) is 25.7 Å². The molecule has 0 rings (SSSR count). The summed E-state index contributed by atoms with van der Waals surface area (Å²) in [7, 11) is 0. The zero-order valence-electron chi connectivity index (χ0n) is 14.6. The van der Waals surface area contributed by atoms with Gasteiger partial charge in [-0.05, 0) is 57.3 Å². The number of allylic oxidation sites excluding steroid dienone is 2. The van der Waals surface area contributed by atoms with Crippen LogP contribution in [0.4, 0.5) is 0 Å². The van der Waals surface area contributed by atoms with E-state index in [1.165, 1.54) is 11.1 Å². The van der Waals surface area contributed by atoms with Gasteiger partial charge in [0.25, 0.3) is 0 Å². The molecular weight excluding hydrogens is 244 g/mol. The highest BCUT2D eigenvalue weighted by atomic mass is 14.9. The fraction of sp³-hybridized carbons (Fsp3) is 0.778. The van der Waals surface area contributed by atoms with Gasteiger partial charge in [0.1, 0.15) is 0 Å². The molecule has 0 aliphatic heterocycles. The number of hydrogen-bond donors (Lipinski definition) is 2. The highest BCUT2D eigenvalue weighted by Crippen LogP contribution is 2.14. The Morgan fingerprint density at radius 3 is 2.30 bits per heavy atom. The Labute approximate surface area is 127 Å². The molecule has 0 bridgehead atoms. The summed E-state index contributed by atoms with van der Waals surface area (Å²) in [5, 5.41) is 6.99. The van der Waals surface area contributed by atoms with Crippen molar-refractivity contribution in [3.63, 3.8) is 0 Å². The topological polar surface area (TPSA) is 24.1 Å². The highest BCUT2D eigenvalue weighted by molar-refractivity contribution is 5.29. The lowest BCUT2D eigenvalue weighted by Gasteiger charge is -2.12. The van der Waals surface area contributed by atoms with Crippen molar-refractivity contribution in [3.05, 3.63) is 23.3 Å². The average Bonchev–Trinajstić information content (AvgIpc) is 2.36. The van der Waals surface area contributed by atoms with Gasteiger partial charge in [-0.25, -0.2) is 0 Å². The van der Waals surface area contributed by atoms with Crippen molar-refractivity contribution < 1.29 is 0 Å². The van der Waals surface area contributed by atoms with Gasteiger partial charge in [-0.2, -0.15) is 0 Å². The quantitative estimate of drug-likeness (QED) is 0.436. The molecule has 0 spiro atoms. The lowest BCUT2D eigenvalue weighted by atomic mass is 10.0. The predicted molar refractivity (Wildman–Crippen MR) is 92.2 cm³/mol. The van der Waals surface area contributed by atoms with E-state index in [0.717, 1.165) is 44.8 Å². The number of hydrogen-bond acceptors (Lipinski definition) is 2. The van der Waals surface area contributed by atoms with E-state index in [0.29, 0.717) is 6.04 Å². The van der Waals surface area contributed by atoms with Crippen molar-refractivity contribution in [3.8, 4) is 0 Å². The van der Waals surface area contributed by atoms with E-state index in [-0.39, 0.29) is 0 Å². The largest absolute Gasteiger partial charge is 0.316 e. The zero-order chi connectivity index (χ0) is 15.4. The lowest BCUT2D eigenvalue weighted by molar-refractivity contribution is 0.556. The van der Waals surface area contributed by atoms with Crippen molar-refractivity contribution >= 4 is 0 Å². The minimum atomic E-state index is 0.572. The van der Waals surface area contributed by atoms with E-state index in [4.69, 9.17) is 0 Å². The minimum absolute atomic E-state index is 0.572. The van der Waals surface area contributed by atoms with Gasteiger partial charge < -0.3 is 10.6 Å². The lowest BCUT2D eigenvalue weighted by Crippen LogP contribution is -2.24. The highest BCUT2D eigenvalue weighted by Gasteiger charge is 2.01. The van der Waals surface area contributed by atoms with Crippen LogP contribution in [0.3, 0.4) is 0 Å². The Morgan fingerprint density at radius 2 is 1.75 bits per heavy atom. The van der Waals surface area contributed by atoms with Crippen LogP contribution < -0.4 is 10.6 Å². The first-order chi connectivity index (χ1) is 9.47. The average molecular weight is 280 g/mol. The van der Waals surface area contributed by atoms with Crippen molar-refractivity contribution in [2.45, 2.75) is 66.8 Å². The van der Waals surface area contributed by atoms with Gasteiger partial charge in [-0.15, -0.1) is 0 Å². The maximum atomic E-state index is 3.50. The molecule has 0 aromatic rings. The summed E-state index contributed by atoms with van der Waals surface area (Å²) in [4.78, 5) is 0. The summed E-state index contributed by atoms with van der Waals surface area (Å²) >= 11 is 0. The summed E-state index contributed by atoms with van der Waals surface area (Å²) in [5.41, 5.74) is 2.95. The molecule has 0 heterocycles. The second kappa shape index (κ2) is 12.2. The molecule has 0 aliphatic rings. The molecule has 0 saturated heterocycles. The predicted octanol–water partition coefficient (Wildman–Crippen LogP) is 4.29. The summed E-state index contributed by atoms with van der Waals surface area (Å²) in [5.74, 6) is 0.734. The van der Waals surface area contributed by atoms with Gasteiger partial charge in [0.15, 0.2) is 0 Å². The zero-order valence-corrected chi connectivity index (χ0v) is 14.6. The molecule has 2 nitrogen and oxygen atoms in total. The van der Waals surface area contributed by atoms with Crippen molar-refractivity contribution in [2.75, 3.05) is 19.6 Å². The number of nitrogens with one attached hydrogen (secondary N) is 2. The van der Waals surface area contributed by atoms with Crippen LogP contribution in [0, 0.1) is 5.92 Å². The second-order valence-electron chi connectivity index (χ2n) is 6.27. The molecule has 0 amide bonds. The standard InChI is InChI=1S/C18H36N2/c1-7-9-18(11-13-20-16(4)5)17(6)10-8-12-19-14-15(2)3/h9-10,15-16,19-20H,7-8,11-14H2,1-6H3/b17-10-,18-9-. The smallest absolute Gasteiger partial charge is 0.00105 e. The van der Waals surface area contributed by atoms with Gasteiger partial charge in [0.05, 0.1) is 0 Å². The van der Waals surface area contributed by atoms with Gasteiger partial charge in [-0.3, -0.25) is 0 Å². The first-order valence-corrected chi connectivity index (χ1v) is 8.27. The fourth-order valence-electron chi connectivity index (χ4n) is 2.11. The normalized spacial score (nSPS) is 13.6. The summed E-state index contributed by atoms with van der Waals surface area (Å²) in [6.07, 6.45) is 8.12. The third-order valence-corrected chi connectivity index (χ3v) is 3.23. The first-order valence-electron chi connectivity index (χ1n) is 8.27. The molecule has 2 N–H and O–H groups in total. The van der Waals surface area contributed by atoms with Crippen molar-refractivity contribution in [1.29, 1.82) is 0 Å². The SMILES string of the molecule is CC/C=C(CCNC(C)C)\C(C)=C/CCNCC(C)C. The van der Waals surface area contributed by atoms with E-state index < -0.39 is 0 Å². The van der Waals surface area contributed by atoms with Crippen molar-refractivity contribution in [2.24, 2.45) is 5.92 Å². The third-order valence-electron chi connectivity index (χ3n) is 3.23. The van der Waals surface area contributed by atoms with Crippen LogP contribution in [0.25, 0.3) is 0 Å². The van der Waals surface area contributed by atoms with E-state index >= 15 is 0 Å².